The molecule has 0 amide bonds. The van der Waals surface area contributed by atoms with E-state index in [4.69, 9.17) is 11.5 Å². The fraction of sp³-hybridized carbons (Fsp3) is 1.00. The third-order valence-corrected chi connectivity index (χ3v) is 0.642. The zero-order chi connectivity index (χ0) is 5.54. The van der Waals surface area contributed by atoms with Crippen LogP contribution in [-0.4, -0.2) is 233 Å². The molecule has 0 aromatic heterocycles. The van der Waals surface area contributed by atoms with Crippen LogP contribution in [0.5, 0.6) is 0 Å². The minimum Gasteiger partial charge on any atom is -0.329 e. The average molecular weight is 264 g/mol. The van der Waals surface area contributed by atoms with Crippen LogP contribution in [-0.2, 0) is 0 Å². The topological polar surface area (TPSA) is 64.1 Å². The van der Waals surface area contributed by atoms with Gasteiger partial charge in [0.25, 0.3) is 0 Å². The van der Waals surface area contributed by atoms with Gasteiger partial charge in [0.05, 0.1) is 0 Å². The van der Waals surface area contributed by atoms with E-state index in [2.05, 4.69) is 5.32 Å². The molecule has 0 aliphatic heterocycles. The van der Waals surface area contributed by atoms with Crippen LogP contribution in [0.1, 0.15) is 0 Å². The first-order valence-electron chi connectivity index (χ1n) is 2.52. The summed E-state index contributed by atoms with van der Waals surface area (Å²) in [6.45, 7) is 3.13. The third-order valence-electron chi connectivity index (χ3n) is 0.642. The van der Waals surface area contributed by atoms with Crippen molar-refractivity contribution in [3.63, 3.8) is 0 Å². The van der Waals surface area contributed by atoms with E-state index >= 15 is 0 Å². The number of nitrogens with one attached hydrogen (secondary N) is 1. The monoisotopic (exact) mass is 264 g/mol. The minimum absolute atomic E-state index is 0. The minimum atomic E-state index is 0. The number of hydrogen-bond acceptors (Lipinski definition) is 3. The first-order valence-corrected chi connectivity index (χ1v) is 2.52. The summed E-state index contributed by atoms with van der Waals surface area (Å²) in [5.41, 5.74) is 10.3. The van der Waals surface area contributed by atoms with E-state index in [0.29, 0.717) is 13.1 Å². The largest absolute Gasteiger partial charge is 0.329 e. The van der Waals surface area contributed by atoms with Crippen LogP contribution >= 0.6 is 0 Å². The Kier molecular flexibility index (Phi) is 178. The second-order valence-electron chi connectivity index (χ2n) is 1.33. The average Bonchev–Trinajstić information content (AvgIpc) is 1.69. The molecule has 51 valence electrons. The van der Waals surface area contributed by atoms with Gasteiger partial charge >= 0.3 is 0 Å². The second-order valence-corrected chi connectivity index (χ2v) is 1.33. The van der Waals surface area contributed by atoms with Crippen LogP contribution in [0.2, 0.25) is 0 Å². The van der Waals surface area contributed by atoms with Gasteiger partial charge in [-0.05, 0) is 0 Å². The van der Waals surface area contributed by atoms with Crippen molar-refractivity contribution in [3.05, 3.63) is 0 Å². The second kappa shape index (κ2) is 50.2. The fourth-order valence-electron chi connectivity index (χ4n) is 0.329. The zero-order valence-corrected chi connectivity index (χ0v) is 25.5. The summed E-state index contributed by atoms with van der Waals surface area (Å²) < 4.78 is 0. The van der Waals surface area contributed by atoms with Crippen LogP contribution in [0.25, 0.3) is 0 Å². The third kappa shape index (κ3) is 51.0. The maximum absolute atomic E-state index is 5.17. The van der Waals surface area contributed by atoms with E-state index in [0.717, 1.165) is 13.1 Å². The molecule has 0 bridgehead atoms. The first-order chi connectivity index (χ1) is 3.41. The van der Waals surface area contributed by atoms with Gasteiger partial charge in [-0.2, -0.15) is 0 Å². The first kappa shape index (κ1) is 49.7. The van der Waals surface area contributed by atoms with Gasteiger partial charge in [0.15, 0.2) is 0 Å². The molecule has 0 atom stereocenters. The molecule has 5 N–H and O–H groups in total. The van der Waals surface area contributed by atoms with Gasteiger partial charge < -0.3 is 16.8 Å². The van der Waals surface area contributed by atoms with Crippen molar-refractivity contribution in [3.8, 4) is 0 Å². The molecule has 0 fully saturated rings. The smallest absolute Gasteiger partial charge is 0.00750 e. The van der Waals surface area contributed by atoms with E-state index in [1.54, 1.807) is 0 Å². The van der Waals surface area contributed by atoms with E-state index < -0.39 is 0 Å². The van der Waals surface area contributed by atoms with Gasteiger partial charge in [-0.15, -0.1) is 0 Å². The molecular weight excluding hydrogens is 251 g/mol. The Morgan fingerprint density at radius 2 is 0.786 bits per heavy atom. The molecular formula is C4H13N3Na7. The van der Waals surface area contributed by atoms with Gasteiger partial charge in [0.2, 0.25) is 0 Å². The van der Waals surface area contributed by atoms with Crippen LogP contribution in [0.15, 0.2) is 0 Å². The number of rotatable bonds is 4. The maximum atomic E-state index is 5.17. The van der Waals surface area contributed by atoms with Crippen molar-refractivity contribution in [1.29, 1.82) is 0 Å². The Labute approximate surface area is 243 Å². The van der Waals surface area contributed by atoms with E-state index in [9.17, 15) is 0 Å². The molecule has 0 aromatic carbocycles. The van der Waals surface area contributed by atoms with Crippen LogP contribution in [0, 0.1) is 0 Å². The van der Waals surface area contributed by atoms with Crippen molar-refractivity contribution < 1.29 is 0 Å². The molecule has 0 unspecified atom stereocenters. The van der Waals surface area contributed by atoms with Gasteiger partial charge in [0, 0.05) is 233 Å². The van der Waals surface area contributed by atoms with E-state index in [1.165, 1.54) is 0 Å². The Hall–Kier alpha value is 6.88. The molecule has 0 heterocycles. The summed E-state index contributed by atoms with van der Waals surface area (Å²) in [5.74, 6) is 0. The van der Waals surface area contributed by atoms with Gasteiger partial charge in [-0.1, -0.05) is 0 Å². The van der Waals surface area contributed by atoms with Gasteiger partial charge in [0.1, 0.15) is 0 Å². The summed E-state index contributed by atoms with van der Waals surface area (Å²) >= 11 is 0. The van der Waals surface area contributed by atoms with E-state index in [1.807, 2.05) is 0 Å². The summed E-state index contributed by atoms with van der Waals surface area (Å²) in [4.78, 5) is 0. The Balaban J connectivity index is -0.00000000857. The summed E-state index contributed by atoms with van der Waals surface area (Å²) in [7, 11) is 0. The number of hydrogen-bond donors (Lipinski definition) is 3. The Bertz CT molecular complexity index is 40.1. The molecule has 0 aromatic rings. The molecule has 0 spiro atoms. The van der Waals surface area contributed by atoms with Crippen molar-refractivity contribution in [2.75, 3.05) is 26.2 Å². The Morgan fingerprint density at radius 1 is 0.571 bits per heavy atom. The summed E-state index contributed by atoms with van der Waals surface area (Å²) in [6.07, 6.45) is 0. The molecule has 10 heteroatoms. The predicted molar refractivity (Wildman–Crippen MR) is 71.3 cm³/mol. The SMILES string of the molecule is NCCNCCN.[Na].[Na].[Na].[Na].[Na].[Na].[Na]. The molecule has 0 saturated heterocycles. The molecule has 7 radical (unpaired) electrons. The predicted octanol–water partition coefficient (Wildman–Crippen LogP) is -4.17. The zero-order valence-electron chi connectivity index (χ0n) is 11.5. The van der Waals surface area contributed by atoms with Crippen molar-refractivity contribution >= 4 is 207 Å². The summed E-state index contributed by atoms with van der Waals surface area (Å²) in [6, 6.07) is 0. The molecule has 0 aliphatic rings. The molecule has 14 heavy (non-hydrogen) atoms. The summed E-state index contributed by atoms with van der Waals surface area (Å²) in [5, 5.41) is 3.03. The quantitative estimate of drug-likeness (QED) is 0.356. The molecule has 0 rings (SSSR count). The van der Waals surface area contributed by atoms with Crippen LogP contribution < -0.4 is 16.8 Å². The molecule has 0 saturated carbocycles. The van der Waals surface area contributed by atoms with Crippen molar-refractivity contribution in [2.45, 2.75) is 0 Å². The van der Waals surface area contributed by atoms with Gasteiger partial charge in [-0.25, -0.2) is 0 Å². The number of nitrogens with two attached hydrogens (primary N) is 2. The van der Waals surface area contributed by atoms with Crippen molar-refractivity contribution in [1.82, 2.24) is 5.32 Å². The fourth-order valence-corrected chi connectivity index (χ4v) is 0.329. The molecule has 3 nitrogen and oxygen atoms in total. The Morgan fingerprint density at radius 3 is 0.929 bits per heavy atom. The van der Waals surface area contributed by atoms with Crippen molar-refractivity contribution in [2.24, 2.45) is 11.5 Å². The van der Waals surface area contributed by atoms with Crippen LogP contribution in [0.4, 0.5) is 0 Å². The molecule has 0 aliphatic carbocycles. The normalized spacial score (nSPS) is 4.71. The van der Waals surface area contributed by atoms with Gasteiger partial charge in [-0.3, -0.25) is 0 Å². The van der Waals surface area contributed by atoms with E-state index in [-0.39, 0.29) is 207 Å². The van der Waals surface area contributed by atoms with Crippen LogP contribution in [0.3, 0.4) is 0 Å². The standard InChI is InChI=1S/C4H13N3.7Na/c5-1-3-7-4-2-6;;;;;;;/h7H,1-6H2;;;;;;;. The maximum Gasteiger partial charge on any atom is 0.00750 e.